The van der Waals surface area contributed by atoms with Crippen molar-refractivity contribution in [2.24, 2.45) is 12.8 Å². The molecule has 0 aliphatic heterocycles. The molecule has 1 aromatic carbocycles. The summed E-state index contributed by atoms with van der Waals surface area (Å²) in [4.78, 5) is 33.6. The Bertz CT molecular complexity index is 889. The number of halogens is 3. The normalized spacial score (nSPS) is 11.3. The summed E-state index contributed by atoms with van der Waals surface area (Å²) < 4.78 is 40.7. The zero-order valence-electron chi connectivity index (χ0n) is 12.1. The minimum absolute atomic E-state index is 0.0188. The summed E-state index contributed by atoms with van der Waals surface area (Å²) in [6.07, 6.45) is -5.32. The van der Waals surface area contributed by atoms with Crippen LogP contribution in [0.25, 0.3) is 11.3 Å². The predicted molar refractivity (Wildman–Crippen MR) is 77.3 cm³/mol. The maximum Gasteiger partial charge on any atom is 0.424 e. The van der Waals surface area contributed by atoms with E-state index in [0.29, 0.717) is 4.57 Å². The third-order valence-corrected chi connectivity index (χ3v) is 3.32. The van der Waals surface area contributed by atoms with Gasteiger partial charge in [0, 0.05) is 12.6 Å². The molecule has 2 N–H and O–H groups in total. The SMILES string of the molecule is Cn1c(-c2ccccc2)c([N+](=O)[O-])c(C(F)(F)F)c(C(N)=O)c1=O. The van der Waals surface area contributed by atoms with E-state index in [2.05, 4.69) is 0 Å². The topological polar surface area (TPSA) is 108 Å². The molecule has 126 valence electrons. The molecule has 0 atom stereocenters. The summed E-state index contributed by atoms with van der Waals surface area (Å²) in [5, 5.41) is 11.3. The van der Waals surface area contributed by atoms with E-state index >= 15 is 0 Å². The van der Waals surface area contributed by atoms with E-state index in [1.165, 1.54) is 24.3 Å². The summed E-state index contributed by atoms with van der Waals surface area (Å²) in [7, 11) is 1.03. The van der Waals surface area contributed by atoms with Gasteiger partial charge in [0.2, 0.25) is 0 Å². The van der Waals surface area contributed by atoms with Crippen molar-refractivity contribution >= 4 is 11.6 Å². The van der Waals surface area contributed by atoms with Crippen molar-refractivity contribution in [2.45, 2.75) is 6.18 Å². The number of nitrogens with two attached hydrogens (primary N) is 1. The number of nitrogens with zero attached hydrogens (tertiary/aromatic N) is 2. The predicted octanol–water partition coefficient (Wildman–Crippen LogP) is 2.08. The minimum Gasteiger partial charge on any atom is -0.365 e. The lowest BCUT2D eigenvalue weighted by Gasteiger charge is -2.16. The Morgan fingerprint density at radius 2 is 1.79 bits per heavy atom. The van der Waals surface area contributed by atoms with Crippen LogP contribution in [0.1, 0.15) is 15.9 Å². The van der Waals surface area contributed by atoms with Gasteiger partial charge in [0.05, 0.1) is 4.92 Å². The van der Waals surface area contributed by atoms with Crippen LogP contribution in [0.5, 0.6) is 0 Å². The van der Waals surface area contributed by atoms with E-state index in [1.54, 1.807) is 6.07 Å². The van der Waals surface area contributed by atoms with E-state index in [4.69, 9.17) is 5.73 Å². The van der Waals surface area contributed by atoms with Gasteiger partial charge < -0.3 is 10.3 Å². The second-order valence-electron chi connectivity index (χ2n) is 4.80. The third kappa shape index (κ3) is 2.73. The Morgan fingerprint density at radius 1 is 1.25 bits per heavy atom. The van der Waals surface area contributed by atoms with Crippen molar-refractivity contribution in [3.63, 3.8) is 0 Å². The molecule has 1 heterocycles. The molecule has 7 nitrogen and oxygen atoms in total. The van der Waals surface area contributed by atoms with Gasteiger partial charge in [-0.05, 0) is 0 Å². The fraction of sp³-hybridized carbons (Fsp3) is 0.143. The molecular formula is C14H10F3N3O4. The molecule has 24 heavy (non-hydrogen) atoms. The van der Waals surface area contributed by atoms with Crippen LogP contribution in [0.2, 0.25) is 0 Å². The highest BCUT2D eigenvalue weighted by molar-refractivity contribution is 5.96. The lowest BCUT2D eigenvalue weighted by atomic mass is 10.0. The number of rotatable bonds is 3. The Labute approximate surface area is 132 Å². The highest BCUT2D eigenvalue weighted by Crippen LogP contribution is 2.42. The van der Waals surface area contributed by atoms with Gasteiger partial charge in [-0.15, -0.1) is 0 Å². The Morgan fingerprint density at radius 3 is 2.21 bits per heavy atom. The van der Waals surface area contributed by atoms with E-state index < -0.39 is 45.1 Å². The van der Waals surface area contributed by atoms with Crippen molar-refractivity contribution in [3.05, 3.63) is 61.9 Å². The van der Waals surface area contributed by atoms with Gasteiger partial charge >= 0.3 is 11.9 Å². The molecule has 0 unspecified atom stereocenters. The van der Waals surface area contributed by atoms with Gasteiger partial charge in [-0.1, -0.05) is 30.3 Å². The number of hydrogen-bond donors (Lipinski definition) is 1. The van der Waals surface area contributed by atoms with Gasteiger partial charge in [-0.2, -0.15) is 13.2 Å². The summed E-state index contributed by atoms with van der Waals surface area (Å²) in [5.74, 6) is -1.69. The lowest BCUT2D eigenvalue weighted by Crippen LogP contribution is -2.34. The van der Waals surface area contributed by atoms with Crippen LogP contribution in [-0.4, -0.2) is 15.4 Å². The van der Waals surface area contributed by atoms with E-state index in [1.807, 2.05) is 0 Å². The monoisotopic (exact) mass is 341 g/mol. The standard InChI is InChI=1S/C14H10F3N3O4/c1-19-10(7-5-3-2-4-6-7)11(20(23)24)9(14(15,16)17)8(12(18)21)13(19)22/h2-6H,1H3,(H2,18,21). The van der Waals surface area contributed by atoms with E-state index in [0.717, 1.165) is 7.05 Å². The molecular weight excluding hydrogens is 331 g/mol. The van der Waals surface area contributed by atoms with Crippen molar-refractivity contribution in [1.82, 2.24) is 4.57 Å². The number of aromatic nitrogens is 1. The molecule has 1 aromatic heterocycles. The minimum atomic E-state index is -5.32. The summed E-state index contributed by atoms with van der Waals surface area (Å²) in [6.45, 7) is 0. The second kappa shape index (κ2) is 5.80. The number of pyridine rings is 1. The lowest BCUT2D eigenvalue weighted by molar-refractivity contribution is -0.387. The number of nitro groups is 1. The Hall–Kier alpha value is -3.17. The first-order valence-corrected chi connectivity index (χ1v) is 6.41. The summed E-state index contributed by atoms with van der Waals surface area (Å²) >= 11 is 0. The van der Waals surface area contributed by atoms with E-state index in [-0.39, 0.29) is 5.56 Å². The van der Waals surface area contributed by atoms with Crippen LogP contribution >= 0.6 is 0 Å². The molecule has 0 radical (unpaired) electrons. The van der Waals surface area contributed by atoms with Crippen molar-refractivity contribution in [2.75, 3.05) is 0 Å². The van der Waals surface area contributed by atoms with Crippen molar-refractivity contribution in [3.8, 4) is 11.3 Å². The van der Waals surface area contributed by atoms with Crippen LogP contribution in [-0.2, 0) is 13.2 Å². The number of hydrogen-bond acceptors (Lipinski definition) is 4. The Kier molecular flexibility index (Phi) is 4.15. The average molecular weight is 341 g/mol. The van der Waals surface area contributed by atoms with Gasteiger partial charge in [-0.25, -0.2) is 0 Å². The molecule has 0 saturated carbocycles. The fourth-order valence-corrected chi connectivity index (χ4v) is 2.38. The van der Waals surface area contributed by atoms with Crippen LogP contribution in [0.4, 0.5) is 18.9 Å². The first-order chi connectivity index (χ1) is 11.1. The highest BCUT2D eigenvalue weighted by atomic mass is 19.4. The number of carbonyl (C=O) groups is 1. The molecule has 0 saturated heterocycles. The van der Waals surface area contributed by atoms with Gasteiger partial charge in [-0.3, -0.25) is 19.7 Å². The number of benzene rings is 1. The van der Waals surface area contributed by atoms with Crippen LogP contribution in [0, 0.1) is 10.1 Å². The number of primary amides is 1. The average Bonchev–Trinajstić information content (AvgIpc) is 2.48. The quantitative estimate of drug-likeness (QED) is 0.681. The first-order valence-electron chi connectivity index (χ1n) is 6.41. The molecule has 0 aliphatic rings. The molecule has 1 amide bonds. The largest absolute Gasteiger partial charge is 0.424 e. The summed E-state index contributed by atoms with van der Waals surface area (Å²) in [5.41, 5.74) is -1.85. The Balaban J connectivity index is 3.14. The third-order valence-electron chi connectivity index (χ3n) is 3.32. The maximum atomic E-state index is 13.4. The fourth-order valence-electron chi connectivity index (χ4n) is 2.38. The van der Waals surface area contributed by atoms with Crippen molar-refractivity contribution in [1.29, 1.82) is 0 Å². The number of carbonyl (C=O) groups excluding carboxylic acids is 1. The number of amides is 1. The van der Waals surface area contributed by atoms with Crippen molar-refractivity contribution < 1.29 is 22.9 Å². The number of alkyl halides is 3. The van der Waals surface area contributed by atoms with Gasteiger partial charge in [0.15, 0.2) is 5.56 Å². The van der Waals surface area contributed by atoms with Crippen LogP contribution in [0.3, 0.4) is 0 Å². The van der Waals surface area contributed by atoms with Gasteiger partial charge in [0.1, 0.15) is 11.3 Å². The molecule has 10 heteroatoms. The smallest absolute Gasteiger partial charge is 0.365 e. The molecule has 0 bridgehead atoms. The molecule has 0 fully saturated rings. The second-order valence-corrected chi connectivity index (χ2v) is 4.80. The highest BCUT2D eigenvalue weighted by Gasteiger charge is 2.46. The molecule has 2 aromatic rings. The molecule has 2 rings (SSSR count). The van der Waals surface area contributed by atoms with Gasteiger partial charge in [0.25, 0.3) is 11.5 Å². The summed E-state index contributed by atoms with van der Waals surface area (Å²) in [6, 6.07) is 7.06. The van der Waals surface area contributed by atoms with E-state index in [9.17, 15) is 32.9 Å². The maximum absolute atomic E-state index is 13.4. The zero-order chi connectivity index (χ0) is 18.2. The first kappa shape index (κ1) is 17.2. The van der Waals surface area contributed by atoms with Crippen LogP contribution in [0.15, 0.2) is 35.1 Å². The zero-order valence-corrected chi connectivity index (χ0v) is 12.1. The molecule has 0 aliphatic carbocycles. The van der Waals surface area contributed by atoms with Crippen LogP contribution < -0.4 is 11.3 Å². The molecule has 0 spiro atoms.